The van der Waals surface area contributed by atoms with Crippen molar-refractivity contribution in [1.82, 2.24) is 14.9 Å². The molecule has 0 unspecified atom stereocenters. The van der Waals surface area contributed by atoms with E-state index in [1.165, 1.54) is 23.2 Å². The van der Waals surface area contributed by atoms with Crippen molar-refractivity contribution in [3.05, 3.63) is 22.9 Å². The van der Waals surface area contributed by atoms with Gasteiger partial charge in [-0.2, -0.15) is 0 Å². The van der Waals surface area contributed by atoms with Crippen LogP contribution in [0.2, 0.25) is 0 Å². The van der Waals surface area contributed by atoms with Crippen molar-refractivity contribution < 1.29 is 5.11 Å². The van der Waals surface area contributed by atoms with E-state index in [2.05, 4.69) is 22.5 Å². The highest BCUT2D eigenvalue weighted by Gasteiger charge is 2.29. The summed E-state index contributed by atoms with van der Waals surface area (Å²) in [5.74, 6) is 0.774. The van der Waals surface area contributed by atoms with Gasteiger partial charge in [-0.15, -0.1) is 0 Å². The lowest BCUT2D eigenvalue weighted by atomic mass is 10.0. The number of nitrogens with one attached hydrogen (secondary N) is 2. The Hall–Kier alpha value is -1.92. The number of pyridine rings is 2. The van der Waals surface area contributed by atoms with Crippen LogP contribution >= 0.6 is 0 Å². The lowest BCUT2D eigenvalue weighted by molar-refractivity contribution is 0.174. The summed E-state index contributed by atoms with van der Waals surface area (Å²) in [5.41, 5.74) is 5.74. The molecule has 3 heterocycles. The normalized spacial score (nSPS) is 23.7. The van der Waals surface area contributed by atoms with E-state index in [9.17, 15) is 5.11 Å². The Bertz CT molecular complexity index is 791. The smallest absolute Gasteiger partial charge is 0.164 e. The number of β-amino-alcohol motifs (C(OH)–C–C–N with tert-alkyl or cyclic N) is 1. The molecule has 2 aromatic heterocycles. The van der Waals surface area contributed by atoms with Gasteiger partial charge in [-0.25, -0.2) is 9.97 Å². The summed E-state index contributed by atoms with van der Waals surface area (Å²) in [5, 5.41) is 18.0. The van der Waals surface area contributed by atoms with Crippen molar-refractivity contribution in [2.24, 2.45) is 0 Å². The third-order valence-electron chi connectivity index (χ3n) is 5.33. The van der Waals surface area contributed by atoms with Crippen molar-refractivity contribution in [2.45, 2.75) is 38.3 Å². The molecule has 2 aliphatic rings. The fourth-order valence-electron chi connectivity index (χ4n) is 4.10. The topological polar surface area (TPSA) is 73.3 Å². The molecule has 2 aromatic rings. The second-order valence-corrected chi connectivity index (χ2v) is 7.06. The summed E-state index contributed by atoms with van der Waals surface area (Å²) < 4.78 is 0. The average Bonchev–Trinajstić information content (AvgIpc) is 3.13. The van der Waals surface area contributed by atoms with Crippen LogP contribution in [-0.4, -0.2) is 59.3 Å². The van der Waals surface area contributed by atoms with Crippen molar-refractivity contribution in [1.29, 1.82) is 0 Å². The zero-order chi connectivity index (χ0) is 16.8. The highest BCUT2D eigenvalue weighted by atomic mass is 16.3. The highest BCUT2D eigenvalue weighted by molar-refractivity contribution is 5.94. The second-order valence-electron chi connectivity index (χ2n) is 7.06. The molecule has 0 radical (unpaired) electrons. The van der Waals surface area contributed by atoms with Gasteiger partial charge in [0.15, 0.2) is 5.65 Å². The van der Waals surface area contributed by atoms with E-state index in [0.717, 1.165) is 41.9 Å². The van der Waals surface area contributed by atoms with Crippen LogP contribution in [0.4, 0.5) is 11.5 Å². The fraction of sp³-hybridized carbons (Fsp3) is 0.556. The molecule has 1 saturated heterocycles. The first-order chi connectivity index (χ1) is 11.6. The lowest BCUT2D eigenvalue weighted by Gasteiger charge is -2.19. The SMILES string of the molecule is CNc1cc(N[C@H]2CN(C)C[C@H]2O)nc2nc3c(c(C)c12)CCC3. The lowest BCUT2D eigenvalue weighted by Crippen LogP contribution is -2.32. The van der Waals surface area contributed by atoms with E-state index in [1.54, 1.807) is 0 Å². The van der Waals surface area contributed by atoms with E-state index in [-0.39, 0.29) is 12.1 Å². The van der Waals surface area contributed by atoms with Crippen LogP contribution in [0, 0.1) is 6.92 Å². The largest absolute Gasteiger partial charge is 0.390 e. The number of anilines is 2. The molecule has 24 heavy (non-hydrogen) atoms. The van der Waals surface area contributed by atoms with Gasteiger partial charge in [-0.1, -0.05) is 0 Å². The van der Waals surface area contributed by atoms with E-state index in [4.69, 9.17) is 9.97 Å². The van der Waals surface area contributed by atoms with Gasteiger partial charge in [0, 0.05) is 43.0 Å². The number of nitrogens with zero attached hydrogens (tertiary/aromatic N) is 3. The highest BCUT2D eigenvalue weighted by Crippen LogP contribution is 2.34. The molecular formula is C18H25N5O. The Balaban J connectivity index is 1.77. The van der Waals surface area contributed by atoms with Crippen LogP contribution in [0.15, 0.2) is 6.07 Å². The summed E-state index contributed by atoms with van der Waals surface area (Å²) in [4.78, 5) is 11.7. The predicted molar refractivity (Wildman–Crippen MR) is 96.8 cm³/mol. The number of aryl methyl sites for hydroxylation is 2. The maximum absolute atomic E-state index is 10.2. The van der Waals surface area contributed by atoms with Crippen molar-refractivity contribution in [2.75, 3.05) is 37.8 Å². The molecule has 3 N–H and O–H groups in total. The third kappa shape index (κ3) is 2.50. The molecule has 0 spiro atoms. The molecule has 0 bridgehead atoms. The standard InChI is InChI=1S/C18H25N5O/c1-10-11-5-4-6-12(11)21-18-17(10)13(19-2)7-16(22-18)20-14-8-23(3)9-15(14)24/h7,14-15,24H,4-6,8-9H2,1-3H3,(H2,19,20,21,22)/t14-,15+/m0/s1. The van der Waals surface area contributed by atoms with Crippen LogP contribution in [0.1, 0.15) is 23.2 Å². The van der Waals surface area contributed by atoms with Crippen LogP contribution in [-0.2, 0) is 12.8 Å². The van der Waals surface area contributed by atoms with Gasteiger partial charge in [-0.05, 0) is 44.4 Å². The summed E-state index contributed by atoms with van der Waals surface area (Å²) in [6.45, 7) is 3.68. The van der Waals surface area contributed by atoms with Crippen LogP contribution in [0.5, 0.6) is 0 Å². The minimum atomic E-state index is -0.375. The number of likely N-dealkylation sites (tertiary alicyclic amines) is 1. The number of hydrogen-bond acceptors (Lipinski definition) is 6. The van der Waals surface area contributed by atoms with Gasteiger partial charge >= 0.3 is 0 Å². The third-order valence-corrected chi connectivity index (χ3v) is 5.33. The van der Waals surface area contributed by atoms with E-state index in [0.29, 0.717) is 6.54 Å². The average molecular weight is 327 g/mol. The first kappa shape index (κ1) is 15.6. The Kier molecular flexibility index (Phi) is 3.81. The number of fused-ring (bicyclic) bond motifs is 2. The monoisotopic (exact) mass is 327 g/mol. The molecule has 1 fully saturated rings. The van der Waals surface area contributed by atoms with E-state index < -0.39 is 0 Å². The van der Waals surface area contributed by atoms with Gasteiger partial charge in [0.2, 0.25) is 0 Å². The Morgan fingerprint density at radius 3 is 2.79 bits per heavy atom. The number of likely N-dealkylation sites (N-methyl/N-ethyl adjacent to an activating group) is 1. The summed E-state index contributed by atoms with van der Waals surface area (Å²) in [7, 11) is 3.95. The zero-order valence-corrected chi connectivity index (χ0v) is 14.6. The van der Waals surface area contributed by atoms with Crippen molar-refractivity contribution >= 4 is 22.5 Å². The number of aromatic nitrogens is 2. The number of aliphatic hydroxyl groups is 1. The van der Waals surface area contributed by atoms with E-state index in [1.807, 2.05) is 20.2 Å². The van der Waals surface area contributed by atoms with Gasteiger partial charge in [0.25, 0.3) is 0 Å². The number of rotatable bonds is 3. The predicted octanol–water partition coefficient (Wildman–Crippen LogP) is 1.56. The Labute approximate surface area is 142 Å². The van der Waals surface area contributed by atoms with Crippen LogP contribution in [0.3, 0.4) is 0 Å². The van der Waals surface area contributed by atoms with Gasteiger partial charge in [-0.3, -0.25) is 0 Å². The fourth-order valence-corrected chi connectivity index (χ4v) is 4.10. The number of hydrogen-bond donors (Lipinski definition) is 3. The Morgan fingerprint density at radius 2 is 2.08 bits per heavy atom. The summed E-state index contributed by atoms with van der Waals surface area (Å²) in [6.07, 6.45) is 2.97. The molecule has 2 atom stereocenters. The van der Waals surface area contributed by atoms with Crippen molar-refractivity contribution in [3.8, 4) is 0 Å². The quantitative estimate of drug-likeness (QED) is 0.794. The second kappa shape index (κ2) is 5.86. The molecule has 0 saturated carbocycles. The first-order valence-corrected chi connectivity index (χ1v) is 8.71. The van der Waals surface area contributed by atoms with Crippen LogP contribution < -0.4 is 10.6 Å². The molecular weight excluding hydrogens is 302 g/mol. The summed E-state index contributed by atoms with van der Waals surface area (Å²) >= 11 is 0. The van der Waals surface area contributed by atoms with Crippen molar-refractivity contribution in [3.63, 3.8) is 0 Å². The molecule has 4 rings (SSSR count). The van der Waals surface area contributed by atoms with Gasteiger partial charge in [0.05, 0.1) is 12.1 Å². The Morgan fingerprint density at radius 1 is 1.25 bits per heavy atom. The molecule has 128 valence electrons. The minimum absolute atomic E-state index is 0.000167. The maximum Gasteiger partial charge on any atom is 0.164 e. The molecule has 6 nitrogen and oxygen atoms in total. The first-order valence-electron chi connectivity index (χ1n) is 8.71. The van der Waals surface area contributed by atoms with Crippen LogP contribution in [0.25, 0.3) is 11.0 Å². The molecule has 0 amide bonds. The molecule has 6 heteroatoms. The van der Waals surface area contributed by atoms with E-state index >= 15 is 0 Å². The minimum Gasteiger partial charge on any atom is -0.390 e. The molecule has 0 aromatic carbocycles. The molecule has 1 aliphatic heterocycles. The van der Waals surface area contributed by atoms with Gasteiger partial charge < -0.3 is 20.6 Å². The van der Waals surface area contributed by atoms with Gasteiger partial charge in [0.1, 0.15) is 5.82 Å². The summed E-state index contributed by atoms with van der Waals surface area (Å²) in [6, 6.07) is 2.03. The number of aliphatic hydroxyl groups excluding tert-OH is 1. The zero-order valence-electron chi connectivity index (χ0n) is 14.6. The maximum atomic E-state index is 10.2. The molecule has 1 aliphatic carbocycles.